The molecule has 1 amide bonds. The Labute approximate surface area is 101 Å². The summed E-state index contributed by atoms with van der Waals surface area (Å²) in [7, 11) is 1.63. The maximum atomic E-state index is 11.2. The number of hydrogen-bond donors (Lipinski definition) is 2. The molecule has 1 aromatic rings. The van der Waals surface area contributed by atoms with Gasteiger partial charge in [0.25, 0.3) is 5.91 Å². The maximum Gasteiger partial charge on any atom is 0.251 e. The van der Waals surface area contributed by atoms with Crippen LogP contribution in [0.2, 0.25) is 0 Å². The van der Waals surface area contributed by atoms with Crippen molar-refractivity contribution in [3.05, 3.63) is 35.4 Å². The van der Waals surface area contributed by atoms with E-state index in [4.69, 9.17) is 5.73 Å². The van der Waals surface area contributed by atoms with Crippen LogP contribution < -0.4 is 11.1 Å². The van der Waals surface area contributed by atoms with Gasteiger partial charge >= 0.3 is 0 Å². The van der Waals surface area contributed by atoms with Crippen LogP contribution in [0.1, 0.15) is 22.3 Å². The van der Waals surface area contributed by atoms with Crippen molar-refractivity contribution in [3.8, 4) is 0 Å². The normalized spacial score (nSPS) is 9.20. The van der Waals surface area contributed by atoms with Gasteiger partial charge in [-0.1, -0.05) is 12.1 Å². The predicted octanol–water partition coefficient (Wildman–Crippen LogP) is 1.52. The fraction of sp³-hybridized carbons (Fsp3) is 0.364. The minimum atomic E-state index is -0.0459. The van der Waals surface area contributed by atoms with Crippen LogP contribution >= 0.6 is 17.0 Å². The quantitative estimate of drug-likeness (QED) is 0.873. The fourth-order valence-electron chi connectivity index (χ4n) is 1.27. The largest absolute Gasteiger partial charge is 0.355 e. The van der Waals surface area contributed by atoms with Crippen LogP contribution in [0.3, 0.4) is 0 Å². The van der Waals surface area contributed by atoms with Gasteiger partial charge in [-0.3, -0.25) is 4.79 Å². The van der Waals surface area contributed by atoms with Crippen molar-refractivity contribution < 1.29 is 4.79 Å². The van der Waals surface area contributed by atoms with E-state index in [0.717, 1.165) is 12.8 Å². The summed E-state index contributed by atoms with van der Waals surface area (Å²) < 4.78 is 0. The molecule has 0 unspecified atom stereocenters. The lowest BCUT2D eigenvalue weighted by atomic mass is 10.1. The third kappa shape index (κ3) is 4.44. The zero-order chi connectivity index (χ0) is 10.4. The molecule has 0 spiro atoms. The number of carbonyl (C=O) groups is 1. The molecule has 0 radical (unpaired) electrons. The summed E-state index contributed by atoms with van der Waals surface area (Å²) in [5, 5.41) is 2.58. The van der Waals surface area contributed by atoms with Gasteiger partial charge in [-0.2, -0.15) is 0 Å². The number of nitrogens with two attached hydrogens (primary N) is 1. The number of benzene rings is 1. The monoisotopic (exact) mass is 272 g/mol. The summed E-state index contributed by atoms with van der Waals surface area (Å²) in [5.74, 6) is -0.0459. The maximum absolute atomic E-state index is 11.2. The van der Waals surface area contributed by atoms with Crippen molar-refractivity contribution in [2.45, 2.75) is 12.8 Å². The van der Waals surface area contributed by atoms with Gasteiger partial charge in [-0.05, 0) is 37.1 Å². The van der Waals surface area contributed by atoms with Crippen LogP contribution in [-0.2, 0) is 6.42 Å². The number of halogens is 1. The Balaban J connectivity index is 0.00000196. The Morgan fingerprint density at radius 1 is 1.33 bits per heavy atom. The van der Waals surface area contributed by atoms with E-state index in [1.54, 1.807) is 7.05 Å². The van der Waals surface area contributed by atoms with Crippen LogP contribution in [-0.4, -0.2) is 19.5 Å². The number of amides is 1. The van der Waals surface area contributed by atoms with E-state index >= 15 is 0 Å². The molecule has 4 heteroatoms. The molecule has 0 saturated carbocycles. The Hall–Kier alpha value is -0.870. The molecule has 0 heterocycles. The average Bonchev–Trinajstić information content (AvgIpc) is 2.26. The number of carbonyl (C=O) groups excluding carboxylic acids is 1. The molecule has 0 aliphatic rings. The van der Waals surface area contributed by atoms with Crippen LogP contribution in [0.5, 0.6) is 0 Å². The molecule has 15 heavy (non-hydrogen) atoms. The topological polar surface area (TPSA) is 55.1 Å². The standard InChI is InChI=1S/C11H16N2O.BrH/c1-13-11(14)10-6-4-9(5-7-10)3-2-8-12;/h4-7H,2-3,8,12H2,1H3,(H,13,14);1H. The van der Waals surface area contributed by atoms with Crippen LogP contribution in [0.25, 0.3) is 0 Å². The van der Waals surface area contributed by atoms with Gasteiger partial charge in [-0.25, -0.2) is 0 Å². The number of nitrogens with one attached hydrogen (secondary N) is 1. The summed E-state index contributed by atoms with van der Waals surface area (Å²) >= 11 is 0. The van der Waals surface area contributed by atoms with E-state index in [2.05, 4.69) is 5.32 Å². The van der Waals surface area contributed by atoms with Gasteiger partial charge in [0.05, 0.1) is 0 Å². The lowest BCUT2D eigenvalue weighted by Gasteiger charge is -2.02. The van der Waals surface area contributed by atoms with E-state index in [-0.39, 0.29) is 22.9 Å². The van der Waals surface area contributed by atoms with E-state index < -0.39 is 0 Å². The Bertz CT molecular complexity index is 298. The molecule has 0 fully saturated rings. The van der Waals surface area contributed by atoms with Crippen molar-refractivity contribution in [1.29, 1.82) is 0 Å². The predicted molar refractivity (Wildman–Crippen MR) is 67.5 cm³/mol. The molecule has 0 aliphatic heterocycles. The molecule has 3 N–H and O–H groups in total. The Morgan fingerprint density at radius 2 is 1.93 bits per heavy atom. The number of rotatable bonds is 4. The minimum Gasteiger partial charge on any atom is -0.355 e. The molecule has 3 nitrogen and oxygen atoms in total. The number of hydrogen-bond acceptors (Lipinski definition) is 2. The smallest absolute Gasteiger partial charge is 0.251 e. The second-order valence-corrected chi connectivity index (χ2v) is 3.17. The van der Waals surface area contributed by atoms with Crippen LogP contribution in [0.15, 0.2) is 24.3 Å². The van der Waals surface area contributed by atoms with Crippen molar-refractivity contribution in [1.82, 2.24) is 5.32 Å². The third-order valence-corrected chi connectivity index (χ3v) is 2.11. The minimum absolute atomic E-state index is 0. The third-order valence-electron chi connectivity index (χ3n) is 2.11. The van der Waals surface area contributed by atoms with Crippen molar-refractivity contribution in [3.63, 3.8) is 0 Å². The molecule has 0 atom stereocenters. The molecule has 84 valence electrons. The first-order valence-corrected chi connectivity index (χ1v) is 4.79. The van der Waals surface area contributed by atoms with Gasteiger partial charge in [-0.15, -0.1) is 17.0 Å². The highest BCUT2D eigenvalue weighted by Gasteiger charge is 2.01. The summed E-state index contributed by atoms with van der Waals surface area (Å²) in [4.78, 5) is 11.2. The molecular formula is C11H17BrN2O. The lowest BCUT2D eigenvalue weighted by molar-refractivity contribution is 0.0963. The highest BCUT2D eigenvalue weighted by atomic mass is 79.9. The fourth-order valence-corrected chi connectivity index (χ4v) is 1.27. The van der Waals surface area contributed by atoms with E-state index in [1.807, 2.05) is 24.3 Å². The van der Waals surface area contributed by atoms with Gasteiger partial charge in [0.1, 0.15) is 0 Å². The van der Waals surface area contributed by atoms with Crippen molar-refractivity contribution in [2.75, 3.05) is 13.6 Å². The highest BCUT2D eigenvalue weighted by Crippen LogP contribution is 2.06. The zero-order valence-corrected chi connectivity index (χ0v) is 10.5. The molecule has 0 aromatic heterocycles. The van der Waals surface area contributed by atoms with E-state index in [0.29, 0.717) is 12.1 Å². The molecule has 1 rings (SSSR count). The molecular weight excluding hydrogens is 256 g/mol. The highest BCUT2D eigenvalue weighted by molar-refractivity contribution is 8.93. The van der Waals surface area contributed by atoms with Crippen molar-refractivity contribution in [2.24, 2.45) is 5.73 Å². The van der Waals surface area contributed by atoms with E-state index in [1.165, 1.54) is 5.56 Å². The van der Waals surface area contributed by atoms with Crippen LogP contribution in [0, 0.1) is 0 Å². The van der Waals surface area contributed by atoms with Gasteiger partial charge < -0.3 is 11.1 Å². The second-order valence-electron chi connectivity index (χ2n) is 3.17. The van der Waals surface area contributed by atoms with Crippen LogP contribution in [0.4, 0.5) is 0 Å². The van der Waals surface area contributed by atoms with Gasteiger partial charge in [0.2, 0.25) is 0 Å². The summed E-state index contributed by atoms with van der Waals surface area (Å²) in [5.41, 5.74) is 7.34. The first kappa shape index (κ1) is 14.1. The van der Waals surface area contributed by atoms with E-state index in [9.17, 15) is 4.79 Å². The van der Waals surface area contributed by atoms with Gasteiger partial charge in [0.15, 0.2) is 0 Å². The Morgan fingerprint density at radius 3 is 2.40 bits per heavy atom. The SMILES string of the molecule is Br.CNC(=O)c1ccc(CCCN)cc1. The first-order chi connectivity index (χ1) is 6.77. The summed E-state index contributed by atoms with van der Waals surface area (Å²) in [6.07, 6.45) is 1.96. The van der Waals surface area contributed by atoms with Gasteiger partial charge in [0, 0.05) is 12.6 Å². The summed E-state index contributed by atoms with van der Waals surface area (Å²) in [6, 6.07) is 7.62. The average molecular weight is 273 g/mol. The Kier molecular flexibility index (Phi) is 6.99. The zero-order valence-electron chi connectivity index (χ0n) is 8.82. The second kappa shape index (κ2) is 7.43. The molecule has 0 saturated heterocycles. The molecule has 1 aromatic carbocycles. The number of aryl methyl sites for hydroxylation is 1. The summed E-state index contributed by atoms with van der Waals surface area (Å²) in [6.45, 7) is 0.706. The first-order valence-electron chi connectivity index (χ1n) is 4.79. The molecule has 0 aliphatic carbocycles. The van der Waals surface area contributed by atoms with Crippen molar-refractivity contribution >= 4 is 22.9 Å². The lowest BCUT2D eigenvalue weighted by Crippen LogP contribution is -2.17. The molecule has 0 bridgehead atoms.